The lowest BCUT2D eigenvalue weighted by atomic mass is 9.97. The monoisotopic (exact) mass is 241 g/mol. The number of rotatable bonds is 7. The van der Waals surface area contributed by atoms with Crippen LogP contribution < -0.4 is 5.32 Å². The summed E-state index contributed by atoms with van der Waals surface area (Å²) >= 11 is 0. The molecule has 1 fully saturated rings. The number of carboxylic acid groups (broad SMARTS) is 1. The maximum atomic E-state index is 11.8. The quantitative estimate of drug-likeness (QED) is 0.671. The van der Waals surface area contributed by atoms with E-state index in [9.17, 15) is 9.59 Å². The second-order valence-corrected chi connectivity index (χ2v) is 5.01. The van der Waals surface area contributed by atoms with Crippen molar-refractivity contribution in [3.05, 3.63) is 0 Å². The number of unbranched alkanes of at least 4 members (excludes halogenated alkanes) is 2. The fraction of sp³-hybridized carbons (Fsp3) is 0.846. The Morgan fingerprint density at radius 2 is 2.00 bits per heavy atom. The van der Waals surface area contributed by atoms with Gasteiger partial charge >= 0.3 is 5.97 Å². The third kappa shape index (κ3) is 5.20. The van der Waals surface area contributed by atoms with Crippen LogP contribution >= 0.6 is 0 Å². The molecule has 0 aliphatic heterocycles. The summed E-state index contributed by atoms with van der Waals surface area (Å²) in [7, 11) is 0. The van der Waals surface area contributed by atoms with Crippen molar-refractivity contribution >= 4 is 11.9 Å². The molecular weight excluding hydrogens is 218 g/mol. The van der Waals surface area contributed by atoms with Crippen LogP contribution in [0.15, 0.2) is 0 Å². The molecule has 0 aromatic rings. The molecule has 1 aliphatic rings. The van der Waals surface area contributed by atoms with Gasteiger partial charge < -0.3 is 10.4 Å². The maximum absolute atomic E-state index is 11.8. The van der Waals surface area contributed by atoms with Crippen molar-refractivity contribution in [2.24, 2.45) is 11.8 Å². The van der Waals surface area contributed by atoms with Crippen LogP contribution in [0.5, 0.6) is 0 Å². The Labute approximate surface area is 103 Å². The predicted octanol–water partition coefficient (Wildman–Crippen LogP) is 2.18. The SMILES string of the molecule is CC1CCCC1C(=O)NCCCCCC(=O)O. The second-order valence-electron chi connectivity index (χ2n) is 5.01. The number of amides is 1. The van der Waals surface area contributed by atoms with Gasteiger partial charge in [0, 0.05) is 18.9 Å². The van der Waals surface area contributed by atoms with E-state index in [2.05, 4.69) is 12.2 Å². The van der Waals surface area contributed by atoms with Crippen molar-refractivity contribution < 1.29 is 14.7 Å². The summed E-state index contributed by atoms with van der Waals surface area (Å²) in [4.78, 5) is 22.1. The summed E-state index contributed by atoms with van der Waals surface area (Å²) in [6, 6.07) is 0. The highest BCUT2D eigenvalue weighted by atomic mass is 16.4. The van der Waals surface area contributed by atoms with Crippen LogP contribution in [0.4, 0.5) is 0 Å². The van der Waals surface area contributed by atoms with Gasteiger partial charge in [0.25, 0.3) is 0 Å². The molecule has 0 saturated heterocycles. The Hall–Kier alpha value is -1.06. The number of aliphatic carboxylic acids is 1. The minimum absolute atomic E-state index is 0.188. The smallest absolute Gasteiger partial charge is 0.303 e. The molecule has 17 heavy (non-hydrogen) atoms. The average Bonchev–Trinajstić information content (AvgIpc) is 2.69. The molecule has 2 unspecified atom stereocenters. The summed E-state index contributed by atoms with van der Waals surface area (Å²) in [6.07, 6.45) is 6.02. The molecule has 0 bridgehead atoms. The van der Waals surface area contributed by atoms with E-state index in [1.165, 1.54) is 0 Å². The second kappa shape index (κ2) is 7.30. The number of nitrogens with one attached hydrogen (secondary N) is 1. The highest BCUT2D eigenvalue weighted by molar-refractivity contribution is 5.79. The molecule has 1 saturated carbocycles. The summed E-state index contributed by atoms with van der Waals surface area (Å²) in [6.45, 7) is 2.83. The van der Waals surface area contributed by atoms with Crippen molar-refractivity contribution in [2.45, 2.75) is 51.9 Å². The van der Waals surface area contributed by atoms with Crippen molar-refractivity contribution in [1.82, 2.24) is 5.32 Å². The summed E-state index contributed by atoms with van der Waals surface area (Å²) < 4.78 is 0. The van der Waals surface area contributed by atoms with Gasteiger partial charge in [0.1, 0.15) is 0 Å². The van der Waals surface area contributed by atoms with Crippen LogP contribution in [0.25, 0.3) is 0 Å². The molecule has 2 N–H and O–H groups in total. The standard InChI is InChI=1S/C13H23NO3/c1-10-6-5-7-11(10)13(17)14-9-4-2-3-8-12(15)16/h10-11H,2-9H2,1H3,(H,14,17)(H,15,16). The highest BCUT2D eigenvalue weighted by Gasteiger charge is 2.29. The van der Waals surface area contributed by atoms with Crippen LogP contribution in [0, 0.1) is 11.8 Å². The Morgan fingerprint density at radius 3 is 2.59 bits per heavy atom. The molecular formula is C13H23NO3. The Morgan fingerprint density at radius 1 is 1.24 bits per heavy atom. The van der Waals surface area contributed by atoms with Crippen molar-refractivity contribution in [2.75, 3.05) is 6.54 Å². The van der Waals surface area contributed by atoms with Crippen molar-refractivity contribution in [3.8, 4) is 0 Å². The van der Waals surface area contributed by atoms with Gasteiger partial charge in [-0.15, -0.1) is 0 Å². The third-order valence-corrected chi connectivity index (χ3v) is 3.56. The number of hydrogen-bond acceptors (Lipinski definition) is 2. The van der Waals surface area contributed by atoms with Crippen LogP contribution in [0.2, 0.25) is 0 Å². The molecule has 4 nitrogen and oxygen atoms in total. The molecule has 1 aliphatic carbocycles. The summed E-state index contributed by atoms with van der Waals surface area (Å²) in [5.74, 6) is 0.165. The number of hydrogen-bond donors (Lipinski definition) is 2. The molecule has 1 amide bonds. The van der Waals surface area contributed by atoms with E-state index >= 15 is 0 Å². The van der Waals surface area contributed by atoms with E-state index in [1.807, 2.05) is 0 Å². The zero-order valence-corrected chi connectivity index (χ0v) is 10.6. The van der Waals surface area contributed by atoms with Crippen LogP contribution in [0.1, 0.15) is 51.9 Å². The van der Waals surface area contributed by atoms with Gasteiger partial charge in [-0.3, -0.25) is 9.59 Å². The minimum atomic E-state index is -0.742. The molecule has 0 spiro atoms. The molecule has 1 rings (SSSR count). The largest absolute Gasteiger partial charge is 0.481 e. The molecule has 0 heterocycles. The Kier molecular flexibility index (Phi) is 6.01. The first kappa shape index (κ1) is 14.0. The number of carbonyl (C=O) groups is 2. The van der Waals surface area contributed by atoms with E-state index < -0.39 is 5.97 Å². The van der Waals surface area contributed by atoms with Gasteiger partial charge in [-0.05, 0) is 31.6 Å². The highest BCUT2D eigenvalue weighted by Crippen LogP contribution is 2.31. The Bertz CT molecular complexity index is 265. The topological polar surface area (TPSA) is 66.4 Å². The van der Waals surface area contributed by atoms with E-state index in [4.69, 9.17) is 5.11 Å². The normalized spacial score (nSPS) is 23.6. The fourth-order valence-electron chi connectivity index (χ4n) is 2.46. The number of carboxylic acids is 1. The van der Waals surface area contributed by atoms with E-state index in [0.717, 1.165) is 32.1 Å². The zero-order valence-electron chi connectivity index (χ0n) is 10.6. The fourth-order valence-corrected chi connectivity index (χ4v) is 2.46. The van der Waals surface area contributed by atoms with Crippen LogP contribution in [0.3, 0.4) is 0 Å². The van der Waals surface area contributed by atoms with E-state index in [1.54, 1.807) is 0 Å². The molecule has 2 atom stereocenters. The minimum Gasteiger partial charge on any atom is -0.481 e. The lowest BCUT2D eigenvalue weighted by molar-refractivity contribution is -0.137. The van der Waals surface area contributed by atoms with Gasteiger partial charge in [-0.25, -0.2) is 0 Å². The zero-order chi connectivity index (χ0) is 12.7. The van der Waals surface area contributed by atoms with Gasteiger partial charge in [0.05, 0.1) is 0 Å². The Balaban J connectivity index is 2.02. The molecule has 4 heteroatoms. The lowest BCUT2D eigenvalue weighted by Crippen LogP contribution is -2.32. The first-order chi connectivity index (χ1) is 8.11. The molecule has 98 valence electrons. The van der Waals surface area contributed by atoms with Gasteiger partial charge in [-0.2, -0.15) is 0 Å². The van der Waals surface area contributed by atoms with Gasteiger partial charge in [0.2, 0.25) is 5.91 Å². The van der Waals surface area contributed by atoms with Crippen molar-refractivity contribution in [3.63, 3.8) is 0 Å². The first-order valence-electron chi connectivity index (χ1n) is 6.60. The third-order valence-electron chi connectivity index (χ3n) is 3.56. The first-order valence-corrected chi connectivity index (χ1v) is 6.60. The van der Waals surface area contributed by atoms with Crippen LogP contribution in [-0.4, -0.2) is 23.5 Å². The molecule has 0 aromatic carbocycles. The summed E-state index contributed by atoms with van der Waals surface area (Å²) in [5, 5.41) is 11.4. The maximum Gasteiger partial charge on any atom is 0.303 e. The van der Waals surface area contributed by atoms with E-state index in [0.29, 0.717) is 18.9 Å². The molecule has 0 radical (unpaired) electrons. The van der Waals surface area contributed by atoms with E-state index in [-0.39, 0.29) is 18.2 Å². The lowest BCUT2D eigenvalue weighted by Gasteiger charge is -2.14. The molecule has 0 aromatic heterocycles. The number of carbonyl (C=O) groups excluding carboxylic acids is 1. The predicted molar refractivity (Wildman–Crippen MR) is 65.6 cm³/mol. The van der Waals surface area contributed by atoms with Crippen LogP contribution in [-0.2, 0) is 9.59 Å². The van der Waals surface area contributed by atoms with Crippen molar-refractivity contribution in [1.29, 1.82) is 0 Å². The van der Waals surface area contributed by atoms with Gasteiger partial charge in [0.15, 0.2) is 0 Å². The average molecular weight is 241 g/mol. The van der Waals surface area contributed by atoms with Gasteiger partial charge in [-0.1, -0.05) is 19.8 Å². The summed E-state index contributed by atoms with van der Waals surface area (Å²) in [5.41, 5.74) is 0.